The largest absolute Gasteiger partial charge is 0.396 e. The number of hydrogen-bond acceptors (Lipinski definition) is 4. The Morgan fingerprint density at radius 3 is 2.88 bits per heavy atom. The molecule has 1 aliphatic heterocycles. The molecule has 2 heterocycles. The van der Waals surface area contributed by atoms with Gasteiger partial charge in [0.1, 0.15) is 5.82 Å². The minimum absolute atomic E-state index is 0.733. The minimum Gasteiger partial charge on any atom is -0.396 e. The van der Waals surface area contributed by atoms with Crippen molar-refractivity contribution in [3.05, 3.63) is 17.8 Å². The number of rotatable bonds is 5. The SMILES string of the molecule is Cc1ccc(N)c(NCCCN2CCCC2)n1. The number of nitrogen functional groups attached to an aromatic ring is 1. The molecule has 17 heavy (non-hydrogen) atoms. The minimum atomic E-state index is 0.733. The molecule has 1 aromatic heterocycles. The Labute approximate surface area is 103 Å². The lowest BCUT2D eigenvalue weighted by Gasteiger charge is -2.15. The molecule has 4 heteroatoms. The number of aryl methyl sites for hydroxylation is 1. The Morgan fingerprint density at radius 1 is 1.35 bits per heavy atom. The number of anilines is 2. The van der Waals surface area contributed by atoms with Crippen LogP contribution in [0.2, 0.25) is 0 Å². The second kappa shape index (κ2) is 5.87. The van der Waals surface area contributed by atoms with E-state index in [1.54, 1.807) is 0 Å². The Bertz CT molecular complexity index is 358. The van der Waals surface area contributed by atoms with Crippen LogP contribution in [0.1, 0.15) is 25.0 Å². The summed E-state index contributed by atoms with van der Waals surface area (Å²) < 4.78 is 0. The summed E-state index contributed by atoms with van der Waals surface area (Å²) in [5.41, 5.74) is 7.59. The number of hydrogen-bond donors (Lipinski definition) is 2. The highest BCUT2D eigenvalue weighted by Crippen LogP contribution is 2.15. The van der Waals surface area contributed by atoms with Crippen molar-refractivity contribution in [2.24, 2.45) is 0 Å². The van der Waals surface area contributed by atoms with Gasteiger partial charge in [-0.3, -0.25) is 0 Å². The van der Waals surface area contributed by atoms with Crippen molar-refractivity contribution < 1.29 is 0 Å². The maximum atomic E-state index is 5.86. The van der Waals surface area contributed by atoms with Crippen LogP contribution < -0.4 is 11.1 Å². The van der Waals surface area contributed by atoms with Gasteiger partial charge in [0.05, 0.1) is 5.69 Å². The third-order valence-electron chi connectivity index (χ3n) is 3.21. The second-order valence-electron chi connectivity index (χ2n) is 4.72. The van der Waals surface area contributed by atoms with Gasteiger partial charge in [0, 0.05) is 12.2 Å². The fraction of sp³-hybridized carbons (Fsp3) is 0.615. The second-order valence-corrected chi connectivity index (χ2v) is 4.72. The summed E-state index contributed by atoms with van der Waals surface area (Å²) >= 11 is 0. The highest BCUT2D eigenvalue weighted by Gasteiger charge is 2.10. The molecule has 0 unspecified atom stereocenters. The summed E-state index contributed by atoms with van der Waals surface area (Å²) in [6, 6.07) is 3.84. The normalized spacial score (nSPS) is 16.3. The van der Waals surface area contributed by atoms with Gasteiger partial charge in [-0.1, -0.05) is 0 Å². The first kappa shape index (κ1) is 12.2. The molecule has 0 atom stereocenters. The monoisotopic (exact) mass is 234 g/mol. The molecule has 1 aliphatic rings. The van der Waals surface area contributed by atoms with Gasteiger partial charge in [-0.05, 0) is 58.0 Å². The summed E-state index contributed by atoms with van der Waals surface area (Å²) in [6.45, 7) is 6.64. The number of aromatic nitrogens is 1. The quantitative estimate of drug-likeness (QED) is 0.764. The summed E-state index contributed by atoms with van der Waals surface area (Å²) in [7, 11) is 0. The zero-order valence-electron chi connectivity index (χ0n) is 10.6. The Balaban J connectivity index is 1.72. The Hall–Kier alpha value is -1.29. The van der Waals surface area contributed by atoms with E-state index in [0.29, 0.717) is 0 Å². The van der Waals surface area contributed by atoms with Gasteiger partial charge in [0.25, 0.3) is 0 Å². The molecule has 2 rings (SSSR count). The smallest absolute Gasteiger partial charge is 0.149 e. The van der Waals surface area contributed by atoms with Crippen LogP contribution >= 0.6 is 0 Å². The predicted molar refractivity (Wildman–Crippen MR) is 72.2 cm³/mol. The average molecular weight is 234 g/mol. The van der Waals surface area contributed by atoms with Gasteiger partial charge in [-0.15, -0.1) is 0 Å². The van der Waals surface area contributed by atoms with Gasteiger partial charge < -0.3 is 16.0 Å². The molecule has 0 amide bonds. The highest BCUT2D eigenvalue weighted by molar-refractivity contribution is 5.61. The van der Waals surface area contributed by atoms with Crippen molar-refractivity contribution in [2.45, 2.75) is 26.2 Å². The van der Waals surface area contributed by atoms with E-state index in [4.69, 9.17) is 5.73 Å². The average Bonchev–Trinajstić information content (AvgIpc) is 2.82. The maximum absolute atomic E-state index is 5.86. The molecule has 3 N–H and O–H groups in total. The van der Waals surface area contributed by atoms with Crippen molar-refractivity contribution in [1.29, 1.82) is 0 Å². The van der Waals surface area contributed by atoms with Crippen molar-refractivity contribution >= 4 is 11.5 Å². The topological polar surface area (TPSA) is 54.2 Å². The van der Waals surface area contributed by atoms with Gasteiger partial charge >= 0.3 is 0 Å². The molecule has 0 saturated carbocycles. The van der Waals surface area contributed by atoms with Crippen LogP contribution in [-0.4, -0.2) is 36.1 Å². The molecule has 0 spiro atoms. The summed E-state index contributed by atoms with van der Waals surface area (Å²) in [4.78, 5) is 6.91. The van der Waals surface area contributed by atoms with E-state index in [0.717, 1.165) is 30.2 Å². The molecular weight excluding hydrogens is 212 g/mol. The first-order chi connectivity index (χ1) is 8.25. The highest BCUT2D eigenvalue weighted by atomic mass is 15.1. The first-order valence-electron chi connectivity index (χ1n) is 6.45. The van der Waals surface area contributed by atoms with Crippen LogP contribution in [0, 0.1) is 6.92 Å². The fourth-order valence-corrected chi connectivity index (χ4v) is 2.22. The van der Waals surface area contributed by atoms with Crippen LogP contribution in [0.25, 0.3) is 0 Å². The van der Waals surface area contributed by atoms with E-state index in [1.165, 1.54) is 32.5 Å². The number of likely N-dealkylation sites (tertiary alicyclic amines) is 1. The molecular formula is C13H22N4. The van der Waals surface area contributed by atoms with Crippen molar-refractivity contribution in [3.8, 4) is 0 Å². The van der Waals surface area contributed by atoms with E-state index in [1.807, 2.05) is 19.1 Å². The van der Waals surface area contributed by atoms with Crippen LogP contribution in [0.3, 0.4) is 0 Å². The van der Waals surface area contributed by atoms with Gasteiger partial charge in [0.2, 0.25) is 0 Å². The Kier molecular flexibility index (Phi) is 4.20. The van der Waals surface area contributed by atoms with E-state index < -0.39 is 0 Å². The van der Waals surface area contributed by atoms with Gasteiger partial charge in [0.15, 0.2) is 0 Å². The lowest BCUT2D eigenvalue weighted by Crippen LogP contribution is -2.22. The van der Waals surface area contributed by atoms with Crippen molar-refractivity contribution in [3.63, 3.8) is 0 Å². The van der Waals surface area contributed by atoms with E-state index in [-0.39, 0.29) is 0 Å². The van der Waals surface area contributed by atoms with Crippen LogP contribution in [0.4, 0.5) is 11.5 Å². The first-order valence-corrected chi connectivity index (χ1v) is 6.45. The fourth-order valence-electron chi connectivity index (χ4n) is 2.22. The van der Waals surface area contributed by atoms with E-state index >= 15 is 0 Å². The molecule has 0 radical (unpaired) electrons. The molecule has 1 fully saturated rings. The van der Waals surface area contributed by atoms with Crippen LogP contribution in [0.5, 0.6) is 0 Å². The Morgan fingerprint density at radius 2 is 2.12 bits per heavy atom. The van der Waals surface area contributed by atoms with Gasteiger partial charge in [-0.2, -0.15) is 0 Å². The maximum Gasteiger partial charge on any atom is 0.149 e. The van der Waals surface area contributed by atoms with Crippen molar-refractivity contribution in [1.82, 2.24) is 9.88 Å². The summed E-state index contributed by atoms with van der Waals surface area (Å²) in [6.07, 6.45) is 3.87. The van der Waals surface area contributed by atoms with E-state index in [9.17, 15) is 0 Å². The van der Waals surface area contributed by atoms with Crippen LogP contribution in [0.15, 0.2) is 12.1 Å². The van der Waals surface area contributed by atoms with E-state index in [2.05, 4.69) is 15.2 Å². The third kappa shape index (κ3) is 3.60. The molecule has 0 aromatic carbocycles. The molecule has 4 nitrogen and oxygen atoms in total. The van der Waals surface area contributed by atoms with Crippen LogP contribution in [-0.2, 0) is 0 Å². The molecule has 0 bridgehead atoms. The summed E-state index contributed by atoms with van der Waals surface area (Å²) in [5.74, 6) is 0.825. The lowest BCUT2D eigenvalue weighted by molar-refractivity contribution is 0.337. The molecule has 1 saturated heterocycles. The molecule has 1 aromatic rings. The lowest BCUT2D eigenvalue weighted by atomic mass is 10.3. The van der Waals surface area contributed by atoms with Gasteiger partial charge in [-0.25, -0.2) is 4.98 Å². The zero-order chi connectivity index (χ0) is 12.1. The summed E-state index contributed by atoms with van der Waals surface area (Å²) in [5, 5.41) is 3.31. The zero-order valence-corrected chi connectivity index (χ0v) is 10.6. The number of nitrogens with zero attached hydrogens (tertiary/aromatic N) is 2. The van der Waals surface area contributed by atoms with Crippen molar-refractivity contribution in [2.75, 3.05) is 37.2 Å². The molecule has 0 aliphatic carbocycles. The molecule has 94 valence electrons. The standard InChI is InChI=1S/C13H22N4/c1-11-5-6-12(14)13(16-11)15-7-4-10-17-8-2-3-9-17/h5-6H,2-4,7-10,14H2,1H3,(H,15,16). The number of pyridine rings is 1. The number of nitrogens with one attached hydrogen (secondary N) is 1. The number of nitrogens with two attached hydrogens (primary N) is 1. The predicted octanol–water partition coefficient (Wildman–Crippen LogP) is 1.87. The third-order valence-corrected chi connectivity index (χ3v) is 3.21.